The molecule has 0 aliphatic carbocycles. The molecule has 2 amide bonds. The van der Waals surface area contributed by atoms with Gasteiger partial charge in [0.2, 0.25) is 0 Å². The second-order valence-electron chi connectivity index (χ2n) is 4.60. The maximum Gasteiger partial charge on any atom is 0.319 e. The van der Waals surface area contributed by atoms with E-state index in [0.717, 1.165) is 5.69 Å². The van der Waals surface area contributed by atoms with Crippen molar-refractivity contribution in [3.63, 3.8) is 0 Å². The Kier molecular flexibility index (Phi) is 5.28. The van der Waals surface area contributed by atoms with E-state index in [0.29, 0.717) is 25.1 Å². The molecule has 0 bridgehead atoms. The number of rotatable bonds is 6. The predicted molar refractivity (Wildman–Crippen MR) is 79.3 cm³/mol. The molecule has 0 aliphatic rings. The predicted octanol–water partition coefficient (Wildman–Crippen LogP) is 1.55. The summed E-state index contributed by atoms with van der Waals surface area (Å²) in [5.41, 5.74) is 1.50. The highest BCUT2D eigenvalue weighted by Crippen LogP contribution is 2.11. The minimum Gasteiger partial charge on any atom is -0.393 e. The molecule has 112 valence electrons. The summed E-state index contributed by atoms with van der Waals surface area (Å²) in [5, 5.41) is 22.9. The highest BCUT2D eigenvalue weighted by Gasteiger charge is 2.04. The smallest absolute Gasteiger partial charge is 0.319 e. The van der Waals surface area contributed by atoms with Crippen LogP contribution in [0.1, 0.15) is 19.8 Å². The van der Waals surface area contributed by atoms with Gasteiger partial charge in [-0.15, -0.1) is 0 Å². The monoisotopic (exact) mass is 289 g/mol. The van der Waals surface area contributed by atoms with Crippen LogP contribution in [0, 0.1) is 0 Å². The average molecular weight is 289 g/mol. The van der Waals surface area contributed by atoms with E-state index in [1.165, 1.54) is 4.80 Å². The average Bonchev–Trinajstić information content (AvgIpc) is 3.02. The number of aromatic nitrogens is 3. The molecule has 7 heteroatoms. The van der Waals surface area contributed by atoms with Gasteiger partial charge in [-0.2, -0.15) is 15.0 Å². The van der Waals surface area contributed by atoms with Crippen molar-refractivity contribution in [2.75, 3.05) is 11.9 Å². The van der Waals surface area contributed by atoms with E-state index in [1.807, 2.05) is 19.1 Å². The SMILES string of the molecule is CCC(O)CCNC(=O)Nc1ccc(-n2nccn2)cc1. The van der Waals surface area contributed by atoms with Gasteiger partial charge in [0.25, 0.3) is 0 Å². The molecule has 1 aromatic carbocycles. The Bertz CT molecular complexity index is 553. The van der Waals surface area contributed by atoms with Crippen LogP contribution in [-0.4, -0.2) is 38.8 Å². The Morgan fingerprint density at radius 3 is 2.57 bits per heavy atom. The lowest BCUT2D eigenvalue weighted by molar-refractivity contribution is 0.160. The first-order valence-electron chi connectivity index (χ1n) is 6.88. The fourth-order valence-electron chi connectivity index (χ4n) is 1.76. The number of nitrogens with one attached hydrogen (secondary N) is 2. The lowest BCUT2D eigenvalue weighted by Gasteiger charge is -2.10. The van der Waals surface area contributed by atoms with E-state index in [1.54, 1.807) is 24.5 Å². The summed E-state index contributed by atoms with van der Waals surface area (Å²) < 4.78 is 0. The molecular weight excluding hydrogens is 270 g/mol. The number of anilines is 1. The van der Waals surface area contributed by atoms with Gasteiger partial charge in [0.1, 0.15) is 0 Å². The number of carbonyl (C=O) groups excluding carboxylic acids is 1. The minimum absolute atomic E-state index is 0.289. The van der Waals surface area contributed by atoms with Gasteiger partial charge in [0.15, 0.2) is 0 Å². The van der Waals surface area contributed by atoms with Crippen LogP contribution in [0.15, 0.2) is 36.7 Å². The largest absolute Gasteiger partial charge is 0.393 e. The van der Waals surface area contributed by atoms with Crippen molar-refractivity contribution in [3.8, 4) is 5.69 Å². The van der Waals surface area contributed by atoms with Gasteiger partial charge in [0, 0.05) is 12.2 Å². The molecule has 1 aromatic heterocycles. The number of urea groups is 1. The molecule has 1 unspecified atom stereocenters. The highest BCUT2D eigenvalue weighted by atomic mass is 16.3. The van der Waals surface area contributed by atoms with Crippen LogP contribution in [-0.2, 0) is 0 Å². The zero-order chi connectivity index (χ0) is 15.1. The maximum absolute atomic E-state index is 11.7. The van der Waals surface area contributed by atoms with E-state index in [4.69, 9.17) is 0 Å². The second-order valence-corrected chi connectivity index (χ2v) is 4.60. The summed E-state index contributed by atoms with van der Waals surface area (Å²) in [6.45, 7) is 2.34. The first kappa shape index (κ1) is 15.0. The summed E-state index contributed by atoms with van der Waals surface area (Å²) in [4.78, 5) is 13.2. The van der Waals surface area contributed by atoms with Crippen molar-refractivity contribution in [2.24, 2.45) is 0 Å². The summed E-state index contributed by atoms with van der Waals surface area (Å²) >= 11 is 0. The zero-order valence-electron chi connectivity index (χ0n) is 11.9. The van der Waals surface area contributed by atoms with Crippen molar-refractivity contribution in [2.45, 2.75) is 25.9 Å². The number of aliphatic hydroxyl groups excluding tert-OH is 1. The lowest BCUT2D eigenvalue weighted by Crippen LogP contribution is -2.31. The molecule has 1 heterocycles. The first-order chi connectivity index (χ1) is 10.2. The van der Waals surface area contributed by atoms with E-state index in [2.05, 4.69) is 20.8 Å². The van der Waals surface area contributed by atoms with E-state index in [-0.39, 0.29) is 12.1 Å². The van der Waals surface area contributed by atoms with Gasteiger partial charge in [0.05, 0.1) is 24.2 Å². The highest BCUT2D eigenvalue weighted by molar-refractivity contribution is 5.89. The van der Waals surface area contributed by atoms with E-state index < -0.39 is 0 Å². The fourth-order valence-corrected chi connectivity index (χ4v) is 1.76. The number of carbonyl (C=O) groups is 1. The molecule has 0 spiro atoms. The van der Waals surface area contributed by atoms with Gasteiger partial charge in [-0.25, -0.2) is 4.79 Å². The van der Waals surface area contributed by atoms with Crippen molar-refractivity contribution in [1.82, 2.24) is 20.3 Å². The first-order valence-corrected chi connectivity index (χ1v) is 6.88. The number of hydrogen-bond acceptors (Lipinski definition) is 4. The molecule has 2 aromatic rings. The maximum atomic E-state index is 11.7. The van der Waals surface area contributed by atoms with Gasteiger partial charge in [-0.1, -0.05) is 6.92 Å². The third-order valence-electron chi connectivity index (χ3n) is 3.01. The van der Waals surface area contributed by atoms with Crippen LogP contribution < -0.4 is 10.6 Å². The van der Waals surface area contributed by atoms with Crippen molar-refractivity contribution in [3.05, 3.63) is 36.7 Å². The number of nitrogens with zero attached hydrogens (tertiary/aromatic N) is 3. The Morgan fingerprint density at radius 1 is 1.29 bits per heavy atom. The van der Waals surface area contributed by atoms with Crippen molar-refractivity contribution < 1.29 is 9.90 Å². The fraction of sp³-hybridized carbons (Fsp3) is 0.357. The summed E-state index contributed by atoms with van der Waals surface area (Å²) in [5.74, 6) is 0. The second kappa shape index (κ2) is 7.39. The molecule has 0 saturated heterocycles. The molecule has 7 nitrogen and oxygen atoms in total. The number of hydrogen-bond donors (Lipinski definition) is 3. The van der Waals surface area contributed by atoms with Crippen LogP contribution in [0.2, 0.25) is 0 Å². The van der Waals surface area contributed by atoms with Gasteiger partial charge in [-0.05, 0) is 37.1 Å². The van der Waals surface area contributed by atoms with Gasteiger partial charge in [-0.3, -0.25) is 0 Å². The molecule has 3 N–H and O–H groups in total. The zero-order valence-corrected chi connectivity index (χ0v) is 11.9. The Balaban J connectivity index is 1.81. The van der Waals surface area contributed by atoms with Gasteiger partial charge < -0.3 is 15.7 Å². The topological polar surface area (TPSA) is 92.1 Å². The Morgan fingerprint density at radius 2 is 1.95 bits per heavy atom. The number of benzene rings is 1. The van der Waals surface area contributed by atoms with Crippen LogP contribution >= 0.6 is 0 Å². The normalized spacial score (nSPS) is 11.9. The van der Waals surface area contributed by atoms with Crippen molar-refractivity contribution >= 4 is 11.7 Å². The van der Waals surface area contributed by atoms with E-state index in [9.17, 15) is 9.90 Å². The lowest BCUT2D eigenvalue weighted by atomic mass is 10.2. The van der Waals surface area contributed by atoms with Crippen LogP contribution in [0.4, 0.5) is 10.5 Å². The molecule has 0 aliphatic heterocycles. The van der Waals surface area contributed by atoms with Crippen LogP contribution in [0.25, 0.3) is 5.69 Å². The summed E-state index contributed by atoms with van der Waals surface area (Å²) in [7, 11) is 0. The standard InChI is InChI=1S/C14H19N5O2/c1-2-13(20)7-8-15-14(21)18-11-3-5-12(6-4-11)19-16-9-10-17-19/h3-6,9-10,13,20H,2,7-8H2,1H3,(H2,15,18,21). The van der Waals surface area contributed by atoms with E-state index >= 15 is 0 Å². The van der Waals surface area contributed by atoms with Crippen molar-refractivity contribution in [1.29, 1.82) is 0 Å². The number of aliphatic hydroxyl groups is 1. The summed E-state index contributed by atoms with van der Waals surface area (Å²) in [6.07, 6.45) is 4.07. The Hall–Kier alpha value is -2.41. The molecule has 2 rings (SSSR count). The molecule has 0 saturated carbocycles. The molecular formula is C14H19N5O2. The van der Waals surface area contributed by atoms with Crippen LogP contribution in [0.3, 0.4) is 0 Å². The molecule has 0 fully saturated rings. The quantitative estimate of drug-likeness (QED) is 0.752. The molecule has 0 radical (unpaired) electrons. The molecule has 1 atom stereocenters. The Labute approximate surface area is 123 Å². The number of amides is 2. The summed E-state index contributed by atoms with van der Waals surface area (Å²) in [6, 6.07) is 6.90. The minimum atomic E-state index is -0.369. The van der Waals surface area contributed by atoms with Gasteiger partial charge >= 0.3 is 6.03 Å². The molecule has 21 heavy (non-hydrogen) atoms. The third-order valence-corrected chi connectivity index (χ3v) is 3.01. The van der Waals surface area contributed by atoms with Crippen LogP contribution in [0.5, 0.6) is 0 Å². The third kappa shape index (κ3) is 4.57.